The Morgan fingerprint density at radius 3 is 2.50 bits per heavy atom. The molecule has 0 amide bonds. The molecule has 0 aliphatic heterocycles. The van der Waals surface area contributed by atoms with E-state index in [1.165, 1.54) is 29.0 Å². The maximum atomic E-state index is 12.9. The molecule has 0 fully saturated rings. The number of nitrogens with zero attached hydrogens (tertiary/aromatic N) is 2. The summed E-state index contributed by atoms with van der Waals surface area (Å²) in [5.41, 5.74) is -5.00. The number of hydrogen-bond acceptors (Lipinski definition) is 5. The number of benzene rings is 2. The van der Waals surface area contributed by atoms with Crippen LogP contribution in [0.1, 0.15) is 5.56 Å². The van der Waals surface area contributed by atoms with Gasteiger partial charge in [-0.15, -0.1) is 0 Å². The maximum absolute atomic E-state index is 12.9. The first-order valence-electron chi connectivity index (χ1n) is 7.96. The summed E-state index contributed by atoms with van der Waals surface area (Å²) in [6, 6.07) is 12.9. The lowest BCUT2D eigenvalue weighted by Gasteiger charge is -2.15. The van der Waals surface area contributed by atoms with Gasteiger partial charge in [-0.2, -0.15) is 13.2 Å². The van der Waals surface area contributed by atoms with E-state index in [2.05, 4.69) is 10.3 Å². The Hall–Kier alpha value is -3.14. The number of nitrogens with one attached hydrogen (secondary N) is 1. The van der Waals surface area contributed by atoms with Crippen LogP contribution in [0, 0.1) is 0 Å². The van der Waals surface area contributed by atoms with Gasteiger partial charge in [-0.3, -0.25) is 4.57 Å². The minimum absolute atomic E-state index is 0.199. The summed E-state index contributed by atoms with van der Waals surface area (Å²) >= 11 is 0. The molecule has 3 aromatic rings. The molecular formula is C18H14F3N3O3S. The highest BCUT2D eigenvalue weighted by molar-refractivity contribution is 7.92. The highest BCUT2D eigenvalue weighted by atomic mass is 32.2. The van der Waals surface area contributed by atoms with E-state index in [0.29, 0.717) is 11.3 Å². The summed E-state index contributed by atoms with van der Waals surface area (Å²) in [6.07, 6.45) is 2.93. The number of hydrogen-bond donors (Lipinski definition) is 1. The number of alkyl halides is 3. The van der Waals surface area contributed by atoms with Crippen molar-refractivity contribution in [2.24, 2.45) is 0 Å². The summed E-state index contributed by atoms with van der Waals surface area (Å²) in [5, 5.41) is 2.71. The second-order valence-electron chi connectivity index (χ2n) is 5.80. The van der Waals surface area contributed by atoms with E-state index in [9.17, 15) is 26.4 Å². The standard InChI is InChI=1S/C18H14F3N3O3S/c19-18(20,21)28(26,27)16-8-2-1-7-15(16)23-14-6-3-5-13(11-14)12-24-10-4-9-22-17(24)25/h1-11,23H,12H2. The van der Waals surface area contributed by atoms with Gasteiger partial charge in [0.05, 0.1) is 17.1 Å². The second-order valence-corrected chi connectivity index (χ2v) is 7.71. The monoisotopic (exact) mass is 409 g/mol. The molecule has 0 atom stereocenters. The molecule has 0 saturated heterocycles. The molecule has 28 heavy (non-hydrogen) atoms. The van der Waals surface area contributed by atoms with Crippen LogP contribution in [-0.2, 0) is 16.4 Å². The molecule has 2 aromatic carbocycles. The van der Waals surface area contributed by atoms with Gasteiger partial charge in [0, 0.05) is 18.1 Å². The van der Waals surface area contributed by atoms with Crippen molar-refractivity contribution in [2.75, 3.05) is 5.32 Å². The minimum Gasteiger partial charge on any atom is -0.354 e. The van der Waals surface area contributed by atoms with Crippen LogP contribution in [0.3, 0.4) is 0 Å². The number of para-hydroxylation sites is 1. The van der Waals surface area contributed by atoms with Gasteiger partial charge in [0.2, 0.25) is 0 Å². The van der Waals surface area contributed by atoms with E-state index in [1.54, 1.807) is 36.5 Å². The van der Waals surface area contributed by atoms with E-state index in [1.807, 2.05) is 0 Å². The van der Waals surface area contributed by atoms with Crippen molar-refractivity contribution >= 4 is 21.2 Å². The Balaban J connectivity index is 1.92. The SMILES string of the molecule is O=c1ncccn1Cc1cccc(Nc2ccccc2S(=O)(=O)C(F)(F)F)c1. The first-order valence-corrected chi connectivity index (χ1v) is 9.44. The molecule has 0 bridgehead atoms. The Labute approximate surface area is 158 Å². The van der Waals surface area contributed by atoms with E-state index in [0.717, 1.165) is 6.07 Å². The van der Waals surface area contributed by atoms with Crippen molar-refractivity contribution in [1.82, 2.24) is 9.55 Å². The number of sulfone groups is 1. The lowest BCUT2D eigenvalue weighted by Crippen LogP contribution is -2.24. The average Bonchev–Trinajstić information content (AvgIpc) is 2.63. The van der Waals surface area contributed by atoms with Crippen molar-refractivity contribution < 1.29 is 21.6 Å². The molecule has 1 aromatic heterocycles. The lowest BCUT2D eigenvalue weighted by atomic mass is 10.2. The van der Waals surface area contributed by atoms with E-state index >= 15 is 0 Å². The first-order chi connectivity index (χ1) is 13.2. The maximum Gasteiger partial charge on any atom is 0.501 e. The third kappa shape index (κ3) is 4.06. The van der Waals surface area contributed by atoms with Crippen LogP contribution in [0.4, 0.5) is 24.5 Å². The third-order valence-corrected chi connectivity index (χ3v) is 5.37. The van der Waals surface area contributed by atoms with Gasteiger partial charge < -0.3 is 5.32 Å². The normalized spacial score (nSPS) is 12.0. The number of halogens is 3. The molecule has 146 valence electrons. The Morgan fingerprint density at radius 1 is 1.04 bits per heavy atom. The zero-order valence-corrected chi connectivity index (χ0v) is 15.0. The Bertz CT molecular complexity index is 1160. The fourth-order valence-electron chi connectivity index (χ4n) is 2.54. The number of aromatic nitrogens is 2. The molecule has 0 aliphatic carbocycles. The summed E-state index contributed by atoms with van der Waals surface area (Å²) in [5.74, 6) is 0. The highest BCUT2D eigenvalue weighted by Crippen LogP contribution is 2.35. The van der Waals surface area contributed by atoms with Gasteiger partial charge in [-0.1, -0.05) is 24.3 Å². The van der Waals surface area contributed by atoms with Crippen molar-refractivity contribution in [3.05, 3.63) is 83.0 Å². The molecule has 3 rings (SSSR count). The zero-order chi connectivity index (χ0) is 20.4. The van der Waals surface area contributed by atoms with Crippen LogP contribution in [0.2, 0.25) is 0 Å². The summed E-state index contributed by atoms with van der Waals surface area (Å²) in [4.78, 5) is 14.5. The molecule has 10 heteroatoms. The molecular weight excluding hydrogens is 395 g/mol. The molecule has 0 spiro atoms. The van der Waals surface area contributed by atoms with E-state index in [4.69, 9.17) is 0 Å². The van der Waals surface area contributed by atoms with Gasteiger partial charge in [-0.05, 0) is 35.9 Å². The van der Waals surface area contributed by atoms with Gasteiger partial charge in [0.1, 0.15) is 0 Å². The molecule has 1 heterocycles. The lowest BCUT2D eigenvalue weighted by molar-refractivity contribution is -0.0435. The van der Waals surface area contributed by atoms with E-state index < -0.39 is 25.9 Å². The van der Waals surface area contributed by atoms with E-state index in [-0.39, 0.29) is 12.2 Å². The molecule has 6 nitrogen and oxygen atoms in total. The first kappa shape index (κ1) is 19.6. The van der Waals surface area contributed by atoms with Crippen LogP contribution in [0.15, 0.2) is 76.7 Å². The van der Waals surface area contributed by atoms with Crippen molar-refractivity contribution in [1.29, 1.82) is 0 Å². The predicted octanol–water partition coefficient (Wildman–Crippen LogP) is 3.33. The quantitative estimate of drug-likeness (QED) is 0.699. The largest absolute Gasteiger partial charge is 0.501 e. The zero-order valence-electron chi connectivity index (χ0n) is 14.2. The van der Waals surface area contributed by atoms with Gasteiger partial charge in [0.25, 0.3) is 9.84 Å². The number of rotatable bonds is 5. The van der Waals surface area contributed by atoms with Crippen LogP contribution in [0.25, 0.3) is 0 Å². The molecule has 1 N–H and O–H groups in total. The smallest absolute Gasteiger partial charge is 0.354 e. The number of anilines is 2. The Kier molecular flexibility index (Phi) is 5.23. The molecule has 0 radical (unpaired) electrons. The van der Waals surface area contributed by atoms with Crippen molar-refractivity contribution in [2.45, 2.75) is 16.9 Å². The predicted molar refractivity (Wildman–Crippen MR) is 97.0 cm³/mol. The summed E-state index contributed by atoms with van der Waals surface area (Å²) < 4.78 is 63.7. The Morgan fingerprint density at radius 2 is 1.79 bits per heavy atom. The van der Waals surface area contributed by atoms with Crippen LogP contribution >= 0.6 is 0 Å². The fourth-order valence-corrected chi connectivity index (χ4v) is 3.45. The van der Waals surface area contributed by atoms with Gasteiger partial charge in [-0.25, -0.2) is 18.2 Å². The molecule has 0 aliphatic rings. The fraction of sp³-hybridized carbons (Fsp3) is 0.111. The highest BCUT2D eigenvalue weighted by Gasteiger charge is 2.47. The minimum atomic E-state index is -5.51. The topological polar surface area (TPSA) is 81.1 Å². The molecule has 0 unspecified atom stereocenters. The van der Waals surface area contributed by atoms with Crippen LogP contribution in [0.5, 0.6) is 0 Å². The second kappa shape index (κ2) is 7.47. The summed E-state index contributed by atoms with van der Waals surface area (Å²) in [7, 11) is -5.51. The van der Waals surface area contributed by atoms with Crippen LogP contribution < -0.4 is 11.0 Å². The van der Waals surface area contributed by atoms with Gasteiger partial charge >= 0.3 is 11.2 Å². The van der Waals surface area contributed by atoms with Crippen molar-refractivity contribution in [3.8, 4) is 0 Å². The van der Waals surface area contributed by atoms with Gasteiger partial charge in [0.15, 0.2) is 0 Å². The molecule has 0 saturated carbocycles. The van der Waals surface area contributed by atoms with Crippen molar-refractivity contribution in [3.63, 3.8) is 0 Å². The average molecular weight is 409 g/mol. The van der Waals surface area contributed by atoms with Crippen LogP contribution in [-0.4, -0.2) is 23.5 Å². The summed E-state index contributed by atoms with van der Waals surface area (Å²) in [6.45, 7) is 0.199. The third-order valence-electron chi connectivity index (χ3n) is 3.82.